The van der Waals surface area contributed by atoms with Crippen LogP contribution in [0.15, 0.2) is 73.7 Å². The molecule has 9 heteroatoms. The maximum Gasteiger partial charge on any atom is 0.247 e. The number of halogens is 1. The number of nitrogens with one attached hydrogen (secondary N) is 2. The van der Waals surface area contributed by atoms with Gasteiger partial charge < -0.3 is 20.4 Å². The number of hydrogen-bond donors (Lipinski definition) is 2. The minimum absolute atomic E-state index is 0.282. The Bertz CT molecular complexity index is 1430. The molecule has 2 N–H and O–H groups in total. The van der Waals surface area contributed by atoms with Gasteiger partial charge in [-0.15, -0.1) is 0 Å². The number of likely N-dealkylation sites (tertiary alicyclic amines) is 1. The first-order valence-corrected chi connectivity index (χ1v) is 11.8. The smallest absolute Gasteiger partial charge is 0.247 e. The Kier molecular flexibility index (Phi) is 6.39. The number of benzene rings is 2. The van der Waals surface area contributed by atoms with E-state index in [1.54, 1.807) is 16.8 Å². The van der Waals surface area contributed by atoms with Crippen LogP contribution in [0.4, 0.5) is 27.4 Å². The lowest BCUT2D eigenvalue weighted by molar-refractivity contribution is -0.111. The summed E-state index contributed by atoms with van der Waals surface area (Å²) >= 11 is 0. The largest absolute Gasteiger partial charge is 0.369 e. The fourth-order valence-electron chi connectivity index (χ4n) is 4.60. The van der Waals surface area contributed by atoms with Gasteiger partial charge in [-0.05, 0) is 68.1 Å². The van der Waals surface area contributed by atoms with Crippen molar-refractivity contribution in [3.8, 4) is 11.1 Å². The molecule has 1 amide bonds. The van der Waals surface area contributed by atoms with Gasteiger partial charge in [0.25, 0.3) is 0 Å². The third kappa shape index (κ3) is 4.78. The maximum absolute atomic E-state index is 13.8. The zero-order valence-electron chi connectivity index (χ0n) is 20.3. The molecule has 0 spiro atoms. The highest BCUT2D eigenvalue weighted by Gasteiger charge is 2.25. The van der Waals surface area contributed by atoms with Crippen molar-refractivity contribution >= 4 is 34.6 Å². The molecule has 0 bridgehead atoms. The molecule has 1 saturated heterocycles. The summed E-state index contributed by atoms with van der Waals surface area (Å²) in [6.45, 7) is 5.58. The van der Waals surface area contributed by atoms with Gasteiger partial charge in [0, 0.05) is 37.1 Å². The van der Waals surface area contributed by atoms with E-state index in [0.717, 1.165) is 42.0 Å². The van der Waals surface area contributed by atoms with Crippen LogP contribution in [0.25, 0.3) is 16.8 Å². The Labute approximate surface area is 209 Å². The van der Waals surface area contributed by atoms with Crippen LogP contribution in [-0.2, 0) is 4.79 Å². The van der Waals surface area contributed by atoms with Crippen molar-refractivity contribution in [2.75, 3.05) is 42.7 Å². The van der Waals surface area contributed by atoms with E-state index in [0.29, 0.717) is 23.3 Å². The SMILES string of the molecule is C=CC(=O)Nc1cc(Nc2ncn3ccc(-c4cccc(F)c4)c3n2)ccc1N(C)C1CCN(C)C1. The molecule has 5 rings (SSSR count). The van der Waals surface area contributed by atoms with Gasteiger partial charge in [0.05, 0.1) is 11.4 Å². The van der Waals surface area contributed by atoms with Gasteiger partial charge in [-0.2, -0.15) is 4.98 Å². The minimum atomic E-state index is -0.303. The average Bonchev–Trinajstić information content (AvgIpc) is 3.50. The number of amides is 1. The van der Waals surface area contributed by atoms with E-state index in [1.165, 1.54) is 18.2 Å². The van der Waals surface area contributed by atoms with Gasteiger partial charge in [0.1, 0.15) is 17.8 Å². The molecule has 0 radical (unpaired) electrons. The maximum atomic E-state index is 13.8. The summed E-state index contributed by atoms with van der Waals surface area (Å²) in [4.78, 5) is 25.8. The number of carbonyl (C=O) groups excluding carboxylic acids is 1. The number of nitrogens with zero attached hydrogens (tertiary/aromatic N) is 5. The van der Waals surface area contributed by atoms with Crippen LogP contribution in [0, 0.1) is 5.82 Å². The zero-order chi connectivity index (χ0) is 25.2. The molecule has 0 saturated carbocycles. The number of aromatic nitrogens is 3. The minimum Gasteiger partial charge on any atom is -0.369 e. The lowest BCUT2D eigenvalue weighted by Gasteiger charge is -2.29. The summed E-state index contributed by atoms with van der Waals surface area (Å²) in [7, 11) is 4.16. The second-order valence-corrected chi connectivity index (χ2v) is 9.02. The zero-order valence-corrected chi connectivity index (χ0v) is 20.3. The molecule has 184 valence electrons. The van der Waals surface area contributed by atoms with Crippen molar-refractivity contribution in [2.45, 2.75) is 12.5 Å². The quantitative estimate of drug-likeness (QED) is 0.374. The Morgan fingerprint density at radius 3 is 2.86 bits per heavy atom. The van der Waals surface area contributed by atoms with E-state index < -0.39 is 0 Å². The number of carbonyl (C=O) groups is 1. The monoisotopic (exact) mass is 485 g/mol. The van der Waals surface area contributed by atoms with Gasteiger partial charge in [0.15, 0.2) is 0 Å². The van der Waals surface area contributed by atoms with Crippen molar-refractivity contribution in [3.63, 3.8) is 0 Å². The van der Waals surface area contributed by atoms with E-state index in [1.807, 2.05) is 43.6 Å². The van der Waals surface area contributed by atoms with Crippen LogP contribution >= 0.6 is 0 Å². The molecular weight excluding hydrogens is 457 g/mol. The topological polar surface area (TPSA) is 77.8 Å². The highest BCUT2D eigenvalue weighted by atomic mass is 19.1. The van der Waals surface area contributed by atoms with E-state index >= 15 is 0 Å². The molecule has 8 nitrogen and oxygen atoms in total. The van der Waals surface area contributed by atoms with Gasteiger partial charge in [-0.1, -0.05) is 18.7 Å². The third-order valence-corrected chi connectivity index (χ3v) is 6.53. The Balaban J connectivity index is 1.45. The Hall–Kier alpha value is -4.24. The summed E-state index contributed by atoms with van der Waals surface area (Å²) in [5.74, 6) is -0.197. The number of anilines is 4. The third-order valence-electron chi connectivity index (χ3n) is 6.53. The summed E-state index contributed by atoms with van der Waals surface area (Å²) in [6, 6.07) is 14.4. The fourth-order valence-corrected chi connectivity index (χ4v) is 4.60. The number of hydrogen-bond acceptors (Lipinski definition) is 6. The number of rotatable bonds is 7. The van der Waals surface area contributed by atoms with Crippen molar-refractivity contribution in [3.05, 3.63) is 79.5 Å². The molecule has 0 aliphatic carbocycles. The first-order valence-electron chi connectivity index (χ1n) is 11.8. The van der Waals surface area contributed by atoms with Gasteiger partial charge in [-0.25, -0.2) is 9.37 Å². The van der Waals surface area contributed by atoms with Crippen LogP contribution < -0.4 is 15.5 Å². The van der Waals surface area contributed by atoms with Gasteiger partial charge in [0.2, 0.25) is 11.9 Å². The summed E-state index contributed by atoms with van der Waals surface area (Å²) in [5.41, 5.74) is 4.51. The lowest BCUT2D eigenvalue weighted by atomic mass is 10.1. The summed E-state index contributed by atoms with van der Waals surface area (Å²) in [6.07, 6.45) is 5.81. The van der Waals surface area contributed by atoms with E-state index in [2.05, 4.69) is 44.0 Å². The molecule has 2 aromatic heterocycles. The van der Waals surface area contributed by atoms with E-state index in [-0.39, 0.29) is 11.7 Å². The van der Waals surface area contributed by atoms with Crippen LogP contribution in [0.5, 0.6) is 0 Å². The number of fused-ring (bicyclic) bond motifs is 1. The van der Waals surface area contributed by atoms with Gasteiger partial charge >= 0.3 is 0 Å². The second-order valence-electron chi connectivity index (χ2n) is 9.02. The molecule has 3 heterocycles. The highest BCUT2D eigenvalue weighted by molar-refractivity contribution is 6.01. The van der Waals surface area contributed by atoms with Crippen LogP contribution in [0.1, 0.15) is 6.42 Å². The molecule has 1 aliphatic heterocycles. The van der Waals surface area contributed by atoms with Gasteiger partial charge in [-0.3, -0.25) is 9.20 Å². The highest BCUT2D eigenvalue weighted by Crippen LogP contribution is 2.33. The molecule has 1 fully saturated rings. The summed E-state index contributed by atoms with van der Waals surface area (Å²) in [5, 5.41) is 6.17. The molecule has 1 atom stereocenters. The molecule has 2 aromatic carbocycles. The van der Waals surface area contributed by atoms with Crippen molar-refractivity contribution < 1.29 is 9.18 Å². The van der Waals surface area contributed by atoms with Crippen molar-refractivity contribution in [1.82, 2.24) is 19.3 Å². The van der Waals surface area contributed by atoms with Crippen molar-refractivity contribution in [1.29, 1.82) is 0 Å². The Morgan fingerprint density at radius 1 is 1.25 bits per heavy atom. The van der Waals surface area contributed by atoms with E-state index in [9.17, 15) is 9.18 Å². The molecule has 36 heavy (non-hydrogen) atoms. The standard InChI is InChI=1S/C27H28FN7O/c1-4-25(36)31-23-15-20(8-9-24(23)34(3)21-10-12-33(2)16-21)30-27-29-17-35-13-11-22(26(35)32-27)18-6-5-7-19(28)14-18/h4-9,11,13-15,17,21H,1,10,12,16H2,2-3H3,(H,30,32)(H,31,36). The van der Waals surface area contributed by atoms with Crippen LogP contribution in [0.3, 0.4) is 0 Å². The Morgan fingerprint density at radius 2 is 2.11 bits per heavy atom. The normalized spacial score (nSPS) is 15.7. The fraction of sp³-hybridized carbons (Fsp3) is 0.222. The number of likely N-dealkylation sites (N-methyl/N-ethyl adjacent to an activating group) is 2. The summed E-state index contributed by atoms with van der Waals surface area (Å²) < 4.78 is 15.6. The average molecular weight is 486 g/mol. The van der Waals surface area contributed by atoms with E-state index in [4.69, 9.17) is 0 Å². The first-order chi connectivity index (χ1) is 17.4. The first kappa shape index (κ1) is 23.5. The predicted octanol–water partition coefficient (Wildman–Crippen LogP) is 4.54. The molecular formula is C27H28FN7O. The van der Waals surface area contributed by atoms with Crippen molar-refractivity contribution in [2.24, 2.45) is 0 Å². The lowest BCUT2D eigenvalue weighted by Crippen LogP contribution is -2.34. The molecule has 1 aliphatic rings. The second kappa shape index (κ2) is 9.79. The predicted molar refractivity (Wildman–Crippen MR) is 141 cm³/mol. The molecule has 4 aromatic rings. The van der Waals surface area contributed by atoms with Crippen LogP contribution in [0.2, 0.25) is 0 Å². The molecule has 1 unspecified atom stereocenters. The van der Waals surface area contributed by atoms with Crippen LogP contribution in [-0.4, -0.2) is 58.4 Å².